The third-order valence-electron chi connectivity index (χ3n) is 1.50. The summed E-state index contributed by atoms with van der Waals surface area (Å²) >= 11 is 11.5. The second-order valence-electron chi connectivity index (χ2n) is 2.70. The van der Waals surface area contributed by atoms with Crippen molar-refractivity contribution in [3.8, 4) is 5.75 Å². The quantitative estimate of drug-likeness (QED) is 0.495. The summed E-state index contributed by atoms with van der Waals surface area (Å²) in [5.41, 5.74) is 0.469. The molecule has 0 unspecified atom stereocenters. The number of hydrogen-bond donors (Lipinski definition) is 1. The van der Waals surface area contributed by atoms with E-state index >= 15 is 0 Å². The highest BCUT2D eigenvalue weighted by molar-refractivity contribution is 6.35. The highest BCUT2D eigenvalue weighted by Crippen LogP contribution is 2.27. The number of oxime groups is 1. The first-order valence-corrected chi connectivity index (χ1v) is 4.64. The van der Waals surface area contributed by atoms with Crippen molar-refractivity contribution in [3.05, 3.63) is 28.2 Å². The van der Waals surface area contributed by atoms with E-state index in [2.05, 4.69) is 5.16 Å². The summed E-state index contributed by atoms with van der Waals surface area (Å²) in [5, 5.41) is 12.3. The Morgan fingerprint density at radius 1 is 1.50 bits per heavy atom. The van der Waals surface area contributed by atoms with Gasteiger partial charge in [0.2, 0.25) is 0 Å². The number of hydrogen-bond acceptors (Lipinski definition) is 3. The van der Waals surface area contributed by atoms with Gasteiger partial charge < -0.3 is 9.94 Å². The van der Waals surface area contributed by atoms with E-state index in [0.717, 1.165) is 0 Å². The molecule has 0 spiro atoms. The number of benzene rings is 1. The summed E-state index contributed by atoms with van der Waals surface area (Å²) in [6.07, 6.45) is 0. The van der Waals surface area contributed by atoms with Gasteiger partial charge in [0.15, 0.2) is 0 Å². The zero-order valence-electron chi connectivity index (χ0n) is 7.50. The van der Waals surface area contributed by atoms with Crippen molar-refractivity contribution in [1.82, 2.24) is 0 Å². The van der Waals surface area contributed by atoms with E-state index in [0.29, 0.717) is 21.5 Å². The van der Waals surface area contributed by atoms with Crippen molar-refractivity contribution in [2.75, 3.05) is 6.61 Å². The van der Waals surface area contributed by atoms with Crippen LogP contribution in [0, 0.1) is 0 Å². The van der Waals surface area contributed by atoms with Crippen LogP contribution in [0.4, 0.5) is 0 Å². The van der Waals surface area contributed by atoms with Gasteiger partial charge in [-0.1, -0.05) is 28.4 Å². The van der Waals surface area contributed by atoms with E-state index in [-0.39, 0.29) is 6.61 Å². The minimum absolute atomic E-state index is 0.192. The lowest BCUT2D eigenvalue weighted by molar-refractivity contribution is 0.307. The zero-order valence-corrected chi connectivity index (χ0v) is 9.01. The molecule has 14 heavy (non-hydrogen) atoms. The van der Waals surface area contributed by atoms with E-state index in [1.54, 1.807) is 25.1 Å². The molecule has 0 atom stereocenters. The van der Waals surface area contributed by atoms with Crippen molar-refractivity contribution in [2.45, 2.75) is 6.92 Å². The predicted octanol–water partition coefficient (Wildman–Crippen LogP) is 3.22. The molecule has 0 radical (unpaired) electrons. The standard InChI is InChI=1S/C9H9Cl2NO2/c1-6(12-13)5-14-9-3-2-7(10)4-8(9)11/h2-4,13H,5H2,1H3/b12-6+. The molecule has 0 amide bonds. The summed E-state index contributed by atoms with van der Waals surface area (Å²) in [5.74, 6) is 0.513. The molecule has 1 N–H and O–H groups in total. The highest BCUT2D eigenvalue weighted by Gasteiger charge is 2.02. The van der Waals surface area contributed by atoms with Gasteiger partial charge in [-0.05, 0) is 25.1 Å². The molecule has 1 rings (SSSR count). The van der Waals surface area contributed by atoms with Crippen molar-refractivity contribution in [2.24, 2.45) is 5.16 Å². The molecular weight excluding hydrogens is 225 g/mol. The van der Waals surface area contributed by atoms with Gasteiger partial charge in [-0.25, -0.2) is 0 Å². The Bertz CT molecular complexity index is 353. The fraction of sp³-hybridized carbons (Fsp3) is 0.222. The van der Waals surface area contributed by atoms with Crippen molar-refractivity contribution < 1.29 is 9.94 Å². The summed E-state index contributed by atoms with van der Waals surface area (Å²) in [4.78, 5) is 0. The third kappa shape index (κ3) is 3.09. The Kier molecular flexibility index (Phi) is 4.04. The Labute approximate surface area is 91.9 Å². The maximum absolute atomic E-state index is 8.38. The lowest BCUT2D eigenvalue weighted by atomic mass is 10.3. The van der Waals surface area contributed by atoms with E-state index in [1.165, 1.54) is 0 Å². The number of nitrogens with zero attached hydrogens (tertiary/aromatic N) is 1. The molecule has 5 heteroatoms. The molecule has 0 aromatic heterocycles. The van der Waals surface area contributed by atoms with Crippen LogP contribution < -0.4 is 4.74 Å². The van der Waals surface area contributed by atoms with E-state index in [1.807, 2.05) is 0 Å². The lowest BCUT2D eigenvalue weighted by Gasteiger charge is -2.06. The van der Waals surface area contributed by atoms with Crippen LogP contribution in [0.25, 0.3) is 0 Å². The van der Waals surface area contributed by atoms with Gasteiger partial charge in [0.05, 0.1) is 10.7 Å². The molecule has 1 aromatic carbocycles. The highest BCUT2D eigenvalue weighted by atomic mass is 35.5. The zero-order chi connectivity index (χ0) is 10.6. The minimum atomic E-state index is 0.192. The second kappa shape index (κ2) is 5.08. The Morgan fingerprint density at radius 2 is 2.21 bits per heavy atom. The van der Waals surface area contributed by atoms with Crippen molar-refractivity contribution >= 4 is 28.9 Å². The largest absolute Gasteiger partial charge is 0.486 e. The Balaban J connectivity index is 2.68. The molecule has 1 aromatic rings. The van der Waals surface area contributed by atoms with Crippen LogP contribution in [0.2, 0.25) is 10.0 Å². The molecular formula is C9H9Cl2NO2. The smallest absolute Gasteiger partial charge is 0.138 e. The molecule has 3 nitrogen and oxygen atoms in total. The molecule has 0 aliphatic heterocycles. The van der Waals surface area contributed by atoms with Crippen molar-refractivity contribution in [3.63, 3.8) is 0 Å². The molecule has 0 saturated carbocycles. The second-order valence-corrected chi connectivity index (χ2v) is 3.54. The van der Waals surface area contributed by atoms with E-state index < -0.39 is 0 Å². The van der Waals surface area contributed by atoms with Gasteiger partial charge in [-0.15, -0.1) is 0 Å². The topological polar surface area (TPSA) is 41.8 Å². The molecule has 0 bridgehead atoms. The van der Waals surface area contributed by atoms with E-state index in [4.69, 9.17) is 33.1 Å². The number of ether oxygens (including phenoxy) is 1. The Hall–Kier alpha value is -0.930. The summed E-state index contributed by atoms with van der Waals surface area (Å²) in [6, 6.07) is 4.92. The third-order valence-corrected chi connectivity index (χ3v) is 2.03. The molecule has 0 aliphatic carbocycles. The van der Waals surface area contributed by atoms with Crippen LogP contribution in [0.1, 0.15) is 6.92 Å². The average Bonchev–Trinajstić information content (AvgIpc) is 2.16. The average molecular weight is 234 g/mol. The van der Waals surface area contributed by atoms with Crippen LogP contribution in [0.3, 0.4) is 0 Å². The predicted molar refractivity (Wildman–Crippen MR) is 56.9 cm³/mol. The fourth-order valence-corrected chi connectivity index (χ4v) is 1.27. The van der Waals surface area contributed by atoms with Gasteiger partial charge in [-0.3, -0.25) is 0 Å². The monoisotopic (exact) mass is 233 g/mol. The number of halogens is 2. The summed E-state index contributed by atoms with van der Waals surface area (Å²) < 4.78 is 5.26. The van der Waals surface area contributed by atoms with Gasteiger partial charge in [0, 0.05) is 5.02 Å². The maximum atomic E-state index is 8.38. The molecule has 76 valence electrons. The molecule has 0 heterocycles. The summed E-state index contributed by atoms with van der Waals surface area (Å²) in [6.45, 7) is 1.83. The number of rotatable bonds is 3. The Morgan fingerprint density at radius 3 is 2.79 bits per heavy atom. The van der Waals surface area contributed by atoms with Crippen LogP contribution in [-0.4, -0.2) is 17.5 Å². The fourth-order valence-electron chi connectivity index (χ4n) is 0.803. The normalized spacial score (nSPS) is 11.5. The molecule has 0 aliphatic rings. The first kappa shape index (κ1) is 11.1. The first-order valence-electron chi connectivity index (χ1n) is 3.89. The van der Waals surface area contributed by atoms with Gasteiger partial charge in [-0.2, -0.15) is 0 Å². The molecule has 0 saturated heterocycles. The molecule has 0 fully saturated rings. The maximum Gasteiger partial charge on any atom is 0.138 e. The van der Waals surface area contributed by atoms with Crippen LogP contribution in [0.5, 0.6) is 5.75 Å². The first-order chi connectivity index (χ1) is 6.63. The van der Waals surface area contributed by atoms with Gasteiger partial charge >= 0.3 is 0 Å². The van der Waals surface area contributed by atoms with Crippen LogP contribution >= 0.6 is 23.2 Å². The van der Waals surface area contributed by atoms with Crippen LogP contribution in [-0.2, 0) is 0 Å². The SMILES string of the molecule is C/C(COc1ccc(Cl)cc1Cl)=N\O. The minimum Gasteiger partial charge on any atom is -0.486 e. The van der Waals surface area contributed by atoms with Crippen LogP contribution in [0.15, 0.2) is 23.4 Å². The summed E-state index contributed by atoms with van der Waals surface area (Å²) in [7, 11) is 0. The van der Waals surface area contributed by atoms with Gasteiger partial charge in [0.25, 0.3) is 0 Å². The van der Waals surface area contributed by atoms with Crippen molar-refractivity contribution in [1.29, 1.82) is 0 Å². The lowest BCUT2D eigenvalue weighted by Crippen LogP contribution is -2.07. The van der Waals surface area contributed by atoms with Gasteiger partial charge in [0.1, 0.15) is 12.4 Å². The van der Waals surface area contributed by atoms with E-state index in [9.17, 15) is 0 Å².